The number of nitrogens with one attached hydrogen (secondary N) is 2. The van der Waals surface area contributed by atoms with Crippen molar-refractivity contribution < 1.29 is 32.4 Å². The quantitative estimate of drug-likeness (QED) is 0.0593. The average Bonchev–Trinajstić information content (AvgIpc) is 3.72. The molecule has 2 aromatic heterocycles. The third-order valence-corrected chi connectivity index (χ3v) is 11.2. The molecule has 17 heteroatoms. The third kappa shape index (κ3) is 8.44. The molecule has 0 spiro atoms. The number of carbonyl (C=O) groups is 3. The van der Waals surface area contributed by atoms with Gasteiger partial charge >= 0.3 is 5.97 Å². The number of pyridine rings is 1. The summed E-state index contributed by atoms with van der Waals surface area (Å²) in [7, 11) is -4.20. The first kappa shape index (κ1) is 37.6. The highest BCUT2D eigenvalue weighted by Gasteiger charge is 2.40. The molecule has 2 aromatic carbocycles. The van der Waals surface area contributed by atoms with Crippen molar-refractivity contribution in [2.24, 2.45) is 10.9 Å². The second kappa shape index (κ2) is 16.1. The number of amidine groups is 1. The maximum absolute atomic E-state index is 13.9. The van der Waals surface area contributed by atoms with Crippen LogP contribution in [0.2, 0.25) is 10.0 Å². The molecular weight excluding hydrogens is 721 g/mol. The van der Waals surface area contributed by atoms with E-state index in [2.05, 4.69) is 25.6 Å². The molecule has 0 radical (unpaired) electrons. The van der Waals surface area contributed by atoms with Crippen LogP contribution in [0.3, 0.4) is 0 Å². The normalized spacial score (nSPS) is 15.2. The zero-order chi connectivity index (χ0) is 36.9. The first-order valence-corrected chi connectivity index (χ1v) is 18.2. The lowest BCUT2D eigenvalue weighted by Gasteiger charge is -2.24. The number of aromatic nitrogens is 2. The van der Waals surface area contributed by atoms with E-state index in [1.165, 1.54) is 19.1 Å². The fraction of sp³-hybridized carbons (Fsp3) is 0.324. The van der Waals surface area contributed by atoms with E-state index >= 15 is 0 Å². The van der Waals surface area contributed by atoms with Crippen molar-refractivity contribution in [2.75, 3.05) is 19.6 Å². The van der Waals surface area contributed by atoms with E-state index in [4.69, 9.17) is 33.7 Å². The van der Waals surface area contributed by atoms with E-state index in [-0.39, 0.29) is 58.5 Å². The number of imidazole rings is 1. The van der Waals surface area contributed by atoms with E-state index in [9.17, 15) is 22.8 Å². The molecule has 51 heavy (non-hydrogen) atoms. The maximum atomic E-state index is 13.9. The Labute approximate surface area is 304 Å². The molecule has 1 saturated heterocycles. The highest BCUT2D eigenvalue weighted by Crippen LogP contribution is 2.36. The predicted octanol–water partition coefficient (Wildman–Crippen LogP) is 4.11. The highest BCUT2D eigenvalue weighted by atomic mass is 35.5. The van der Waals surface area contributed by atoms with Gasteiger partial charge in [-0.25, -0.2) is 18.2 Å². The van der Waals surface area contributed by atoms with Crippen LogP contribution in [-0.2, 0) is 31.1 Å². The topological polar surface area (TPSA) is 187 Å². The summed E-state index contributed by atoms with van der Waals surface area (Å²) in [5, 5.41) is 9.21. The lowest BCUT2D eigenvalue weighted by atomic mass is 10.1. The van der Waals surface area contributed by atoms with E-state index in [0.29, 0.717) is 41.8 Å². The van der Waals surface area contributed by atoms with Gasteiger partial charge in [0.1, 0.15) is 17.5 Å². The lowest BCUT2D eigenvalue weighted by molar-refractivity contribution is -0.141. The number of ether oxygens (including phenoxy) is 1. The van der Waals surface area contributed by atoms with Crippen molar-refractivity contribution in [3.05, 3.63) is 92.9 Å². The Morgan fingerprint density at radius 3 is 2.47 bits per heavy atom. The number of carbonyl (C=O) groups excluding carboxylic acids is 3. The lowest BCUT2D eigenvalue weighted by Crippen LogP contribution is -2.46. The van der Waals surface area contributed by atoms with Crippen molar-refractivity contribution in [1.82, 2.24) is 24.3 Å². The number of hydrogen-bond donors (Lipinski definition) is 3. The minimum absolute atomic E-state index is 0.0159. The number of oxime groups is 1. The largest absolute Gasteiger partial charge is 0.485 e. The van der Waals surface area contributed by atoms with Crippen LogP contribution in [0.25, 0.3) is 5.65 Å². The Kier molecular flexibility index (Phi) is 11.9. The number of hydrogen-bond acceptors (Lipinski definition) is 9. The second-order valence-electron chi connectivity index (χ2n) is 11.8. The van der Waals surface area contributed by atoms with E-state index in [0.717, 1.165) is 15.7 Å². The van der Waals surface area contributed by atoms with Crippen molar-refractivity contribution in [1.29, 1.82) is 0 Å². The molecule has 0 saturated carbocycles. The van der Waals surface area contributed by atoms with Gasteiger partial charge < -0.3 is 30.3 Å². The molecule has 270 valence electrons. The maximum Gasteiger partial charge on any atom is 0.332 e. The van der Waals surface area contributed by atoms with Gasteiger partial charge in [-0.1, -0.05) is 40.5 Å². The Morgan fingerprint density at radius 1 is 1.04 bits per heavy atom. The van der Waals surface area contributed by atoms with Crippen LogP contribution in [0.15, 0.2) is 64.8 Å². The molecule has 0 aliphatic carbocycles. The monoisotopic (exact) mass is 757 g/mol. The number of aryl methyl sites for hydroxylation is 2. The Balaban J connectivity index is 1.16. The Morgan fingerprint density at radius 2 is 1.75 bits per heavy atom. The summed E-state index contributed by atoms with van der Waals surface area (Å²) in [5.74, 6) is -0.935. The number of fused-ring (bicyclic) bond motifs is 1. The van der Waals surface area contributed by atoms with Gasteiger partial charge in [-0.2, -0.15) is 4.31 Å². The zero-order valence-corrected chi connectivity index (χ0v) is 30.4. The van der Waals surface area contributed by atoms with Gasteiger partial charge in [0.2, 0.25) is 15.9 Å². The number of rotatable bonds is 13. The van der Waals surface area contributed by atoms with Crippen LogP contribution >= 0.6 is 23.2 Å². The fourth-order valence-corrected chi connectivity index (χ4v) is 8.06. The van der Waals surface area contributed by atoms with E-state index < -0.39 is 27.9 Å². The summed E-state index contributed by atoms with van der Waals surface area (Å²) in [6.45, 7) is 5.53. The smallest absolute Gasteiger partial charge is 0.332 e. The predicted molar refractivity (Wildman–Crippen MR) is 191 cm³/mol. The van der Waals surface area contributed by atoms with Gasteiger partial charge in [0.25, 0.3) is 5.91 Å². The number of nitrogens with zero attached hydrogens (tertiary/aromatic N) is 4. The minimum atomic E-state index is -4.20. The SMILES string of the molecule is CC(=O)O/N=C(/N)c1ccc(C(=O)NCCCNC(=O)[C@@H]2CCCN2S(=O)(=O)c2ccc(Cl)c(COc3cccn4c(C)c(C)nc34)c2Cl)cc1. The van der Waals surface area contributed by atoms with Gasteiger partial charge in [0.05, 0.1) is 10.7 Å². The molecule has 14 nitrogen and oxygen atoms in total. The average molecular weight is 759 g/mol. The van der Waals surface area contributed by atoms with Crippen LogP contribution in [0.1, 0.15) is 59.1 Å². The third-order valence-electron chi connectivity index (χ3n) is 8.36. The van der Waals surface area contributed by atoms with Crippen molar-refractivity contribution in [3.8, 4) is 5.75 Å². The van der Waals surface area contributed by atoms with Crippen LogP contribution in [0, 0.1) is 13.8 Å². The molecule has 1 fully saturated rings. The molecule has 1 aliphatic heterocycles. The Bertz CT molecular complexity index is 2100. The first-order valence-electron chi connectivity index (χ1n) is 16.0. The summed E-state index contributed by atoms with van der Waals surface area (Å²) in [6, 6.07) is 11.7. The van der Waals surface area contributed by atoms with Gasteiger partial charge in [0.15, 0.2) is 17.2 Å². The van der Waals surface area contributed by atoms with E-state index in [1.807, 2.05) is 30.5 Å². The zero-order valence-electron chi connectivity index (χ0n) is 28.1. The standard InChI is InChI=1S/C34H37Cl2N7O7S/c1-20-21(2)42-17-5-8-28(32(42)40-20)49-19-25-26(35)13-14-29(30(25)36)51(47,48)43-18-4-7-27(43)34(46)39-16-6-15-38-33(45)24-11-9-23(10-12-24)31(37)41-50-22(3)44/h5,8-14,17,27H,4,6-7,15-16,18-19H2,1-3H3,(H2,37,41)(H,38,45)(H,39,46)/t27-/m0/s1. The van der Waals surface area contributed by atoms with Gasteiger partial charge in [0, 0.05) is 60.2 Å². The van der Waals surface area contributed by atoms with Crippen molar-refractivity contribution in [2.45, 2.75) is 57.6 Å². The molecule has 1 aliphatic rings. The van der Waals surface area contributed by atoms with Crippen molar-refractivity contribution in [3.63, 3.8) is 0 Å². The number of halogens is 2. The number of sulfonamides is 1. The van der Waals surface area contributed by atoms with Crippen LogP contribution in [-0.4, -0.2) is 71.4 Å². The number of amides is 2. The number of nitrogens with two attached hydrogens (primary N) is 1. The fourth-order valence-electron chi connectivity index (χ4n) is 5.54. The molecule has 4 aromatic rings. The minimum Gasteiger partial charge on any atom is -0.485 e. The summed E-state index contributed by atoms with van der Waals surface area (Å²) >= 11 is 13.2. The highest BCUT2D eigenvalue weighted by molar-refractivity contribution is 7.89. The molecule has 3 heterocycles. The summed E-state index contributed by atoms with van der Waals surface area (Å²) in [5.41, 5.74) is 9.31. The molecule has 0 bridgehead atoms. The second-order valence-corrected chi connectivity index (χ2v) is 14.4. The first-order chi connectivity index (χ1) is 24.3. The summed E-state index contributed by atoms with van der Waals surface area (Å²) < 4.78 is 36.9. The van der Waals surface area contributed by atoms with Gasteiger partial charge in [-0.3, -0.25) is 9.59 Å². The van der Waals surface area contributed by atoms with E-state index in [1.54, 1.807) is 30.3 Å². The molecule has 2 amide bonds. The van der Waals surface area contributed by atoms with Gasteiger partial charge in [-0.05, 0) is 69.5 Å². The van der Waals surface area contributed by atoms with Crippen LogP contribution < -0.4 is 21.1 Å². The summed E-state index contributed by atoms with van der Waals surface area (Å²) in [6.07, 6.45) is 3.10. The molecular formula is C34H37Cl2N7O7S. The van der Waals surface area contributed by atoms with Gasteiger partial charge in [-0.15, -0.1) is 0 Å². The van der Waals surface area contributed by atoms with Crippen LogP contribution in [0.4, 0.5) is 0 Å². The van der Waals surface area contributed by atoms with Crippen LogP contribution in [0.5, 0.6) is 5.75 Å². The molecule has 4 N–H and O–H groups in total. The summed E-state index contributed by atoms with van der Waals surface area (Å²) in [4.78, 5) is 45.5. The molecule has 1 atom stereocenters. The molecule has 0 unspecified atom stereocenters. The van der Waals surface area contributed by atoms with Crippen molar-refractivity contribution >= 4 is 62.5 Å². The molecule has 5 rings (SSSR count). The Hall–Kier alpha value is -4.70. The number of benzene rings is 2.